The zero-order valence-corrected chi connectivity index (χ0v) is 22.5. The average Bonchev–Trinajstić information content (AvgIpc) is 2.67. The maximum atomic E-state index is 9.74. The molecule has 0 fully saturated rings. The first-order valence-electron chi connectivity index (χ1n) is 10.8. The summed E-state index contributed by atoms with van der Waals surface area (Å²) in [5, 5.41) is 9.74. The van der Waals surface area contributed by atoms with Gasteiger partial charge in [0.2, 0.25) is 0 Å². The van der Waals surface area contributed by atoms with Crippen LogP contribution in [0.25, 0.3) is 0 Å². The van der Waals surface area contributed by atoms with Crippen molar-refractivity contribution in [2.24, 2.45) is 0 Å². The lowest BCUT2D eigenvalue weighted by Gasteiger charge is -2.05. The van der Waals surface area contributed by atoms with Gasteiger partial charge >= 0.3 is 0 Å². The monoisotopic (exact) mass is 452 g/mol. The average molecular weight is 453 g/mol. The normalized spacial score (nSPS) is 10.9. The Labute approximate surface area is 196 Å². The summed E-state index contributed by atoms with van der Waals surface area (Å²) in [4.78, 5) is 0. The molecule has 2 aromatic rings. The minimum absolute atomic E-state index is 0.852. The van der Waals surface area contributed by atoms with Gasteiger partial charge in [-0.1, -0.05) is 74.8 Å². The van der Waals surface area contributed by atoms with Crippen molar-refractivity contribution in [2.45, 2.75) is 58.7 Å². The van der Waals surface area contributed by atoms with Crippen LogP contribution < -0.4 is 0 Å². The highest BCUT2D eigenvalue weighted by Gasteiger charge is 2.09. The molecule has 0 bridgehead atoms. The molecule has 1 N–H and O–H groups in total. The largest absolute Gasteiger partial charge is 0.378 e. The second-order valence-electron chi connectivity index (χ2n) is 10.4. The fourth-order valence-corrected chi connectivity index (χ4v) is 3.41. The van der Waals surface area contributed by atoms with E-state index < -0.39 is 21.7 Å². The zero-order valence-electron chi connectivity index (χ0n) is 20.5. The summed E-state index contributed by atoms with van der Waals surface area (Å²) in [6.07, 6.45) is 0. The molecule has 0 radical (unpaired) electrons. The lowest BCUT2D eigenvalue weighted by Crippen LogP contribution is -2.16. The molecular weight excluding hydrogens is 420 g/mol. The molecule has 0 aliphatic rings. The molecule has 0 aliphatic heterocycles. The molecule has 2 aromatic carbocycles. The maximum absolute atomic E-state index is 9.74. The van der Waals surface area contributed by atoms with Crippen molar-refractivity contribution in [3.8, 4) is 46.6 Å². The topological polar surface area (TPSA) is 20.2 Å². The molecule has 1 nitrogen and oxygen atoms in total. The summed E-state index contributed by atoms with van der Waals surface area (Å²) in [5.74, 6) is 19.0. The first kappa shape index (κ1) is 25.3. The molecule has 0 amide bonds. The minimum Gasteiger partial charge on any atom is -0.378 e. The van der Waals surface area contributed by atoms with Crippen LogP contribution in [-0.2, 0) is 0 Å². The Morgan fingerprint density at radius 3 is 1.28 bits per heavy atom. The van der Waals surface area contributed by atoms with E-state index in [1.165, 1.54) is 0 Å². The van der Waals surface area contributed by atoms with Gasteiger partial charge in [0.05, 0.1) is 0 Å². The molecule has 162 valence electrons. The van der Waals surface area contributed by atoms with Gasteiger partial charge in [-0.25, -0.2) is 0 Å². The van der Waals surface area contributed by atoms with E-state index in [4.69, 9.17) is 0 Å². The van der Waals surface area contributed by atoms with Crippen molar-refractivity contribution >= 4 is 16.1 Å². The Morgan fingerprint density at radius 1 is 0.562 bits per heavy atom. The Morgan fingerprint density at radius 2 is 0.906 bits per heavy atom. The van der Waals surface area contributed by atoms with Gasteiger partial charge in [-0.2, -0.15) is 0 Å². The SMILES string of the molecule is CC(C)(O)C#Cc1ccc(C#Cc2cc(C#C[Si](C)(C)C)cc(C#C[Si](C)(C)C)c2)cc1. The molecular formula is C29H32OSi2. The van der Waals surface area contributed by atoms with Crippen LogP contribution in [0.2, 0.25) is 39.3 Å². The van der Waals surface area contributed by atoms with Crippen molar-refractivity contribution in [1.82, 2.24) is 0 Å². The molecule has 3 heteroatoms. The highest BCUT2D eigenvalue weighted by atomic mass is 28.3. The quantitative estimate of drug-likeness (QED) is 0.403. The Kier molecular flexibility index (Phi) is 8.02. The Hall–Kier alpha value is -2.93. The summed E-state index contributed by atoms with van der Waals surface area (Å²) in [5.41, 5.74) is 10.5. The summed E-state index contributed by atoms with van der Waals surface area (Å²) >= 11 is 0. The third-order valence-electron chi connectivity index (χ3n) is 3.85. The van der Waals surface area contributed by atoms with Crippen LogP contribution in [0.15, 0.2) is 42.5 Å². The Bertz CT molecular complexity index is 1170. The van der Waals surface area contributed by atoms with Gasteiger partial charge < -0.3 is 5.11 Å². The van der Waals surface area contributed by atoms with Gasteiger partial charge in [-0.15, -0.1) is 11.1 Å². The number of rotatable bonds is 0. The number of hydrogen-bond donors (Lipinski definition) is 1. The van der Waals surface area contributed by atoms with Gasteiger partial charge in [0.1, 0.15) is 21.7 Å². The summed E-state index contributed by atoms with van der Waals surface area (Å²) in [7, 11) is -2.94. The zero-order chi connectivity index (χ0) is 24.0. The lowest BCUT2D eigenvalue weighted by molar-refractivity contribution is 0.143. The first-order chi connectivity index (χ1) is 14.7. The number of benzene rings is 2. The summed E-state index contributed by atoms with van der Waals surface area (Å²) in [6, 6.07) is 13.9. The molecule has 0 aliphatic carbocycles. The van der Waals surface area contributed by atoms with Crippen LogP contribution in [0.1, 0.15) is 41.7 Å². The molecule has 0 saturated heterocycles. The van der Waals surface area contributed by atoms with Crippen LogP contribution in [0, 0.1) is 46.6 Å². The predicted octanol–water partition coefficient (Wildman–Crippen LogP) is 5.67. The van der Waals surface area contributed by atoms with E-state index >= 15 is 0 Å². The minimum atomic E-state index is -1.47. The van der Waals surface area contributed by atoms with Gasteiger partial charge in [0, 0.05) is 27.8 Å². The third kappa shape index (κ3) is 10.4. The van der Waals surface area contributed by atoms with E-state index in [0.717, 1.165) is 27.8 Å². The van der Waals surface area contributed by atoms with E-state index in [2.05, 4.69) is 92.0 Å². The molecule has 0 aromatic heterocycles. The van der Waals surface area contributed by atoms with E-state index in [-0.39, 0.29) is 0 Å². The van der Waals surface area contributed by atoms with Crippen LogP contribution in [-0.4, -0.2) is 26.9 Å². The van der Waals surface area contributed by atoms with E-state index in [1.807, 2.05) is 36.4 Å². The summed E-state index contributed by atoms with van der Waals surface area (Å²) in [6.45, 7) is 16.8. The second kappa shape index (κ2) is 10.1. The number of hydrogen-bond acceptors (Lipinski definition) is 1. The molecule has 32 heavy (non-hydrogen) atoms. The van der Waals surface area contributed by atoms with Crippen molar-refractivity contribution in [2.75, 3.05) is 0 Å². The second-order valence-corrected chi connectivity index (χ2v) is 19.9. The standard InChI is InChI=1S/C29H32OSi2/c1-29(2,30)18-15-25-11-9-24(10-12-25)13-14-26-21-27(16-19-31(3,4)5)23-28(22-26)17-20-32(6,7)8/h9-12,21-23,30H,1-8H3. The maximum Gasteiger partial charge on any atom is 0.129 e. The predicted molar refractivity (Wildman–Crippen MR) is 142 cm³/mol. The van der Waals surface area contributed by atoms with Crippen LogP contribution in [0.3, 0.4) is 0 Å². The molecule has 0 unspecified atom stereocenters. The van der Waals surface area contributed by atoms with E-state index in [9.17, 15) is 5.11 Å². The molecule has 0 heterocycles. The van der Waals surface area contributed by atoms with Crippen LogP contribution >= 0.6 is 0 Å². The molecule has 0 spiro atoms. The fourth-order valence-electron chi connectivity index (χ4n) is 2.37. The molecule has 0 atom stereocenters. The van der Waals surface area contributed by atoms with Crippen LogP contribution in [0.4, 0.5) is 0 Å². The van der Waals surface area contributed by atoms with Crippen molar-refractivity contribution in [3.63, 3.8) is 0 Å². The van der Waals surface area contributed by atoms with E-state index in [0.29, 0.717) is 0 Å². The molecule has 0 saturated carbocycles. The summed E-state index contributed by atoms with van der Waals surface area (Å²) < 4.78 is 0. The fraction of sp³-hybridized carbons (Fsp3) is 0.310. The van der Waals surface area contributed by atoms with Gasteiger partial charge in [-0.05, 0) is 56.3 Å². The Balaban J connectivity index is 2.40. The lowest BCUT2D eigenvalue weighted by atomic mass is 10.1. The van der Waals surface area contributed by atoms with Crippen molar-refractivity contribution < 1.29 is 5.11 Å². The third-order valence-corrected chi connectivity index (χ3v) is 5.60. The molecule has 2 rings (SSSR count). The van der Waals surface area contributed by atoms with E-state index in [1.54, 1.807) is 13.8 Å². The van der Waals surface area contributed by atoms with Crippen molar-refractivity contribution in [1.29, 1.82) is 0 Å². The smallest absolute Gasteiger partial charge is 0.129 e. The first-order valence-corrected chi connectivity index (χ1v) is 17.8. The highest BCUT2D eigenvalue weighted by Crippen LogP contribution is 2.11. The van der Waals surface area contributed by atoms with Gasteiger partial charge in [0.15, 0.2) is 0 Å². The van der Waals surface area contributed by atoms with Crippen LogP contribution in [0.5, 0.6) is 0 Å². The highest BCUT2D eigenvalue weighted by molar-refractivity contribution is 6.84. The van der Waals surface area contributed by atoms with Gasteiger partial charge in [-0.3, -0.25) is 0 Å². The van der Waals surface area contributed by atoms with Gasteiger partial charge in [0.25, 0.3) is 0 Å². The van der Waals surface area contributed by atoms with Crippen molar-refractivity contribution in [3.05, 3.63) is 70.3 Å². The number of aliphatic hydroxyl groups is 1.